The number of carbonyl (C=O) groups excluding carboxylic acids is 2. The maximum atomic E-state index is 12.4. The lowest BCUT2D eigenvalue weighted by molar-refractivity contribution is -0.121. The van der Waals surface area contributed by atoms with Crippen molar-refractivity contribution in [2.24, 2.45) is 17.8 Å². The van der Waals surface area contributed by atoms with Crippen LogP contribution in [0, 0.1) is 17.8 Å². The highest BCUT2D eigenvalue weighted by atomic mass is 16.5. The minimum Gasteiger partial charge on any atom is -0.478 e. The van der Waals surface area contributed by atoms with E-state index >= 15 is 0 Å². The van der Waals surface area contributed by atoms with Crippen LogP contribution in [0.2, 0.25) is 0 Å². The largest absolute Gasteiger partial charge is 0.478 e. The van der Waals surface area contributed by atoms with E-state index in [0.29, 0.717) is 25.6 Å². The Hall–Kier alpha value is -2.31. The number of nitrogens with one attached hydrogen (secondary N) is 3. The van der Waals surface area contributed by atoms with Crippen molar-refractivity contribution >= 4 is 11.9 Å². The quantitative estimate of drug-likeness (QED) is 0.626. The summed E-state index contributed by atoms with van der Waals surface area (Å²) in [6, 6.07) is 3.57. The second-order valence-electron chi connectivity index (χ2n) is 9.01. The third-order valence-electron chi connectivity index (χ3n) is 6.66. The molecule has 0 unspecified atom stereocenters. The molecule has 0 aromatic carbocycles. The lowest BCUT2D eigenvalue weighted by Crippen LogP contribution is -2.61. The first-order valence-corrected chi connectivity index (χ1v) is 10.9. The Labute approximate surface area is 172 Å². The molecule has 158 valence electrons. The van der Waals surface area contributed by atoms with Gasteiger partial charge in [-0.05, 0) is 69.3 Å². The van der Waals surface area contributed by atoms with E-state index in [1.807, 2.05) is 19.1 Å². The monoisotopic (exact) mass is 400 g/mol. The Morgan fingerprint density at radius 3 is 2.48 bits per heavy atom. The molecule has 0 radical (unpaired) electrons. The van der Waals surface area contributed by atoms with Gasteiger partial charge < -0.3 is 20.7 Å². The van der Waals surface area contributed by atoms with E-state index in [9.17, 15) is 9.59 Å². The SMILES string of the molecule is CCOc1ncccc1CNC(=O)CCNC(=O)NC12CC3CC(CC(C3)C1)C2. The molecule has 1 heterocycles. The zero-order chi connectivity index (χ0) is 20.3. The fourth-order valence-electron chi connectivity index (χ4n) is 5.95. The lowest BCUT2D eigenvalue weighted by Gasteiger charge is -2.56. The minimum absolute atomic E-state index is 0.00290. The van der Waals surface area contributed by atoms with Crippen molar-refractivity contribution in [1.82, 2.24) is 20.9 Å². The van der Waals surface area contributed by atoms with Crippen LogP contribution in [0.5, 0.6) is 5.88 Å². The fraction of sp³-hybridized carbons (Fsp3) is 0.682. The van der Waals surface area contributed by atoms with Gasteiger partial charge in [0.1, 0.15) is 0 Å². The number of carbonyl (C=O) groups is 2. The van der Waals surface area contributed by atoms with E-state index in [0.717, 1.165) is 42.6 Å². The number of hydrogen-bond acceptors (Lipinski definition) is 4. The zero-order valence-corrected chi connectivity index (χ0v) is 17.2. The number of amides is 3. The van der Waals surface area contributed by atoms with Gasteiger partial charge in [0.05, 0.1) is 6.61 Å². The third-order valence-corrected chi connectivity index (χ3v) is 6.66. The standard InChI is InChI=1S/C22H32N4O3/c1-2-29-20-18(4-3-6-23-20)14-25-19(27)5-7-24-21(28)26-22-11-15-8-16(12-22)10-17(9-15)13-22/h3-4,6,15-17H,2,5,7-14H2,1H3,(H,25,27)(H2,24,26,28). The molecular formula is C22H32N4O3. The number of hydrogen-bond donors (Lipinski definition) is 3. The van der Waals surface area contributed by atoms with Gasteiger partial charge in [-0.3, -0.25) is 4.79 Å². The third kappa shape index (κ3) is 4.82. The summed E-state index contributed by atoms with van der Waals surface area (Å²) in [6.07, 6.45) is 9.35. The highest BCUT2D eigenvalue weighted by Crippen LogP contribution is 2.55. The van der Waals surface area contributed by atoms with Crippen molar-refractivity contribution in [2.75, 3.05) is 13.2 Å². The number of pyridine rings is 1. The van der Waals surface area contributed by atoms with Gasteiger partial charge in [0.25, 0.3) is 0 Å². The van der Waals surface area contributed by atoms with Crippen LogP contribution in [0.4, 0.5) is 4.79 Å². The first-order valence-electron chi connectivity index (χ1n) is 10.9. The van der Waals surface area contributed by atoms with Crippen LogP contribution in [0.25, 0.3) is 0 Å². The number of ether oxygens (including phenoxy) is 1. The van der Waals surface area contributed by atoms with E-state index in [1.165, 1.54) is 19.3 Å². The fourth-order valence-corrected chi connectivity index (χ4v) is 5.95. The minimum atomic E-state index is -0.134. The molecular weight excluding hydrogens is 368 g/mol. The van der Waals surface area contributed by atoms with E-state index in [-0.39, 0.29) is 23.9 Å². The summed E-state index contributed by atoms with van der Waals surface area (Å²) in [4.78, 5) is 28.7. The topological polar surface area (TPSA) is 92.3 Å². The van der Waals surface area contributed by atoms with E-state index in [4.69, 9.17) is 4.74 Å². The van der Waals surface area contributed by atoms with Crippen molar-refractivity contribution in [3.05, 3.63) is 23.9 Å². The Kier molecular flexibility index (Phi) is 5.92. The zero-order valence-electron chi connectivity index (χ0n) is 17.2. The molecule has 0 spiro atoms. The van der Waals surface area contributed by atoms with Crippen LogP contribution in [-0.4, -0.2) is 35.6 Å². The second kappa shape index (κ2) is 8.59. The van der Waals surface area contributed by atoms with Crippen LogP contribution in [-0.2, 0) is 11.3 Å². The maximum Gasteiger partial charge on any atom is 0.315 e. The van der Waals surface area contributed by atoms with E-state index in [2.05, 4.69) is 20.9 Å². The average molecular weight is 401 g/mol. The van der Waals surface area contributed by atoms with Gasteiger partial charge in [-0.1, -0.05) is 6.07 Å². The maximum absolute atomic E-state index is 12.4. The average Bonchev–Trinajstić information content (AvgIpc) is 2.66. The number of nitrogens with zero attached hydrogens (tertiary/aromatic N) is 1. The van der Waals surface area contributed by atoms with E-state index < -0.39 is 0 Å². The molecule has 7 heteroatoms. The van der Waals surface area contributed by atoms with Crippen molar-refractivity contribution < 1.29 is 14.3 Å². The molecule has 0 saturated heterocycles. The van der Waals surface area contributed by atoms with Gasteiger partial charge in [0.2, 0.25) is 11.8 Å². The normalized spacial score (nSPS) is 29.3. The molecule has 5 rings (SSSR count). The van der Waals surface area contributed by atoms with Crippen LogP contribution in [0.3, 0.4) is 0 Å². The highest BCUT2D eigenvalue weighted by molar-refractivity contribution is 5.78. The predicted octanol–water partition coefficient (Wildman–Crippen LogP) is 2.75. The number of urea groups is 1. The first kappa shape index (κ1) is 20.0. The summed E-state index contributed by atoms with van der Waals surface area (Å²) < 4.78 is 5.47. The van der Waals surface area contributed by atoms with Gasteiger partial charge in [-0.25, -0.2) is 9.78 Å². The molecule has 4 saturated carbocycles. The Bertz CT molecular complexity index is 716. The summed E-state index contributed by atoms with van der Waals surface area (Å²) in [7, 11) is 0. The first-order chi connectivity index (χ1) is 14.0. The molecule has 0 aliphatic heterocycles. The summed E-state index contributed by atoms with van der Waals surface area (Å²) in [5.74, 6) is 2.82. The van der Waals surface area contributed by atoms with Gasteiger partial charge in [0, 0.05) is 36.8 Å². The van der Waals surface area contributed by atoms with Crippen LogP contribution in [0.1, 0.15) is 57.4 Å². The molecule has 3 amide bonds. The van der Waals surface area contributed by atoms with Crippen LogP contribution >= 0.6 is 0 Å². The summed E-state index contributed by atoms with van der Waals surface area (Å²) in [6.45, 7) is 3.12. The summed E-state index contributed by atoms with van der Waals surface area (Å²) in [5.41, 5.74) is 0.840. The molecule has 0 atom stereocenters. The summed E-state index contributed by atoms with van der Waals surface area (Å²) in [5, 5.41) is 9.01. The smallest absolute Gasteiger partial charge is 0.315 e. The molecule has 7 nitrogen and oxygen atoms in total. The molecule has 3 N–H and O–H groups in total. The number of aromatic nitrogens is 1. The molecule has 4 bridgehead atoms. The van der Waals surface area contributed by atoms with Gasteiger partial charge in [-0.2, -0.15) is 0 Å². The summed E-state index contributed by atoms with van der Waals surface area (Å²) >= 11 is 0. The molecule has 4 aliphatic carbocycles. The van der Waals surface area contributed by atoms with Crippen molar-refractivity contribution in [2.45, 2.75) is 64.0 Å². The molecule has 29 heavy (non-hydrogen) atoms. The van der Waals surface area contributed by atoms with E-state index in [1.54, 1.807) is 6.20 Å². The second-order valence-corrected chi connectivity index (χ2v) is 9.01. The number of rotatable bonds is 8. The van der Waals surface area contributed by atoms with Crippen LogP contribution < -0.4 is 20.7 Å². The molecule has 1 aromatic heterocycles. The van der Waals surface area contributed by atoms with Gasteiger partial charge >= 0.3 is 6.03 Å². The lowest BCUT2D eigenvalue weighted by atomic mass is 9.53. The van der Waals surface area contributed by atoms with Crippen LogP contribution in [0.15, 0.2) is 18.3 Å². The highest BCUT2D eigenvalue weighted by Gasteiger charge is 2.51. The Morgan fingerprint density at radius 2 is 1.83 bits per heavy atom. The Balaban J connectivity index is 1.18. The Morgan fingerprint density at radius 1 is 1.14 bits per heavy atom. The van der Waals surface area contributed by atoms with Gasteiger partial charge in [0.15, 0.2) is 0 Å². The molecule has 4 fully saturated rings. The van der Waals surface area contributed by atoms with Crippen molar-refractivity contribution in [1.29, 1.82) is 0 Å². The van der Waals surface area contributed by atoms with Gasteiger partial charge in [-0.15, -0.1) is 0 Å². The van der Waals surface area contributed by atoms with Crippen molar-refractivity contribution in [3.63, 3.8) is 0 Å². The predicted molar refractivity (Wildman–Crippen MR) is 109 cm³/mol. The van der Waals surface area contributed by atoms with Crippen molar-refractivity contribution in [3.8, 4) is 5.88 Å². The molecule has 1 aromatic rings. The molecule has 4 aliphatic rings.